The lowest BCUT2D eigenvalue weighted by Gasteiger charge is -2.09. The van der Waals surface area contributed by atoms with Gasteiger partial charge in [0.05, 0.1) is 0 Å². The first-order chi connectivity index (χ1) is 9.56. The lowest BCUT2D eigenvalue weighted by atomic mass is 10.0. The van der Waals surface area contributed by atoms with Gasteiger partial charge < -0.3 is 5.32 Å². The van der Waals surface area contributed by atoms with Gasteiger partial charge in [-0.15, -0.1) is 0 Å². The first kappa shape index (κ1) is 15.1. The van der Waals surface area contributed by atoms with Crippen LogP contribution in [0, 0.1) is 6.92 Å². The van der Waals surface area contributed by atoms with Gasteiger partial charge in [-0.05, 0) is 41.2 Å². The SMILES string of the molecule is Cc1ccc(CNCc2ccc(C(C)C)cc2)c(Cl)c1. The molecule has 20 heavy (non-hydrogen) atoms. The van der Waals surface area contributed by atoms with Crippen LogP contribution in [0.1, 0.15) is 42.0 Å². The molecule has 0 saturated carbocycles. The van der Waals surface area contributed by atoms with Crippen molar-refractivity contribution in [2.24, 2.45) is 0 Å². The molecular formula is C18H22ClN. The van der Waals surface area contributed by atoms with Crippen LogP contribution in [0.5, 0.6) is 0 Å². The third-order valence-corrected chi connectivity index (χ3v) is 3.85. The van der Waals surface area contributed by atoms with E-state index in [1.807, 2.05) is 6.07 Å². The maximum atomic E-state index is 6.23. The highest BCUT2D eigenvalue weighted by molar-refractivity contribution is 6.31. The quantitative estimate of drug-likeness (QED) is 0.810. The van der Waals surface area contributed by atoms with E-state index < -0.39 is 0 Å². The van der Waals surface area contributed by atoms with Crippen LogP contribution >= 0.6 is 11.6 Å². The van der Waals surface area contributed by atoms with Crippen molar-refractivity contribution in [2.45, 2.75) is 39.8 Å². The molecule has 0 heterocycles. The summed E-state index contributed by atoms with van der Waals surface area (Å²) < 4.78 is 0. The van der Waals surface area contributed by atoms with Crippen LogP contribution in [-0.4, -0.2) is 0 Å². The second-order valence-electron chi connectivity index (χ2n) is 5.59. The fraction of sp³-hybridized carbons (Fsp3) is 0.333. The molecule has 0 spiro atoms. The number of nitrogens with one attached hydrogen (secondary N) is 1. The van der Waals surface area contributed by atoms with E-state index >= 15 is 0 Å². The summed E-state index contributed by atoms with van der Waals surface area (Å²) in [7, 11) is 0. The van der Waals surface area contributed by atoms with Gasteiger partial charge in [0.15, 0.2) is 0 Å². The molecule has 2 aromatic carbocycles. The van der Waals surface area contributed by atoms with Crippen LogP contribution < -0.4 is 5.32 Å². The number of hydrogen-bond donors (Lipinski definition) is 1. The van der Waals surface area contributed by atoms with Crippen LogP contribution in [0.25, 0.3) is 0 Å². The van der Waals surface area contributed by atoms with Gasteiger partial charge in [-0.1, -0.05) is 61.8 Å². The van der Waals surface area contributed by atoms with E-state index in [9.17, 15) is 0 Å². The molecule has 0 aliphatic rings. The topological polar surface area (TPSA) is 12.0 Å². The van der Waals surface area contributed by atoms with E-state index in [-0.39, 0.29) is 0 Å². The molecule has 2 heteroatoms. The summed E-state index contributed by atoms with van der Waals surface area (Å²) in [6.45, 7) is 8.15. The fourth-order valence-corrected chi connectivity index (χ4v) is 2.46. The minimum absolute atomic E-state index is 0.586. The Bertz CT molecular complexity index is 558. The van der Waals surface area contributed by atoms with Crippen LogP contribution in [0.15, 0.2) is 42.5 Å². The average Bonchev–Trinajstić information content (AvgIpc) is 2.42. The second kappa shape index (κ2) is 6.92. The largest absolute Gasteiger partial charge is 0.309 e. The van der Waals surface area contributed by atoms with Crippen molar-refractivity contribution >= 4 is 11.6 Å². The Morgan fingerprint density at radius 2 is 1.70 bits per heavy atom. The Labute approximate surface area is 127 Å². The van der Waals surface area contributed by atoms with Crippen molar-refractivity contribution in [1.82, 2.24) is 5.32 Å². The summed E-state index contributed by atoms with van der Waals surface area (Å²) in [5, 5.41) is 4.28. The first-order valence-electron chi connectivity index (χ1n) is 7.11. The number of rotatable bonds is 5. The number of benzene rings is 2. The van der Waals surface area contributed by atoms with Gasteiger partial charge in [-0.25, -0.2) is 0 Å². The van der Waals surface area contributed by atoms with Gasteiger partial charge in [0.2, 0.25) is 0 Å². The molecule has 0 radical (unpaired) electrons. The predicted octanol–water partition coefficient (Wildman–Crippen LogP) is 5.06. The van der Waals surface area contributed by atoms with Gasteiger partial charge in [-0.3, -0.25) is 0 Å². The standard InChI is InChI=1S/C18H22ClN/c1-13(2)16-8-5-15(6-9-16)11-20-12-17-7-4-14(3)10-18(17)19/h4-10,13,20H,11-12H2,1-3H3. The molecule has 106 valence electrons. The van der Waals surface area contributed by atoms with Crippen LogP contribution in [0.4, 0.5) is 0 Å². The third-order valence-electron chi connectivity index (χ3n) is 3.50. The molecule has 0 saturated heterocycles. The highest BCUT2D eigenvalue weighted by atomic mass is 35.5. The number of hydrogen-bond acceptors (Lipinski definition) is 1. The summed E-state index contributed by atoms with van der Waals surface area (Å²) in [5.74, 6) is 0.586. The van der Waals surface area contributed by atoms with E-state index in [0.29, 0.717) is 5.92 Å². The van der Waals surface area contributed by atoms with E-state index in [1.165, 1.54) is 16.7 Å². The smallest absolute Gasteiger partial charge is 0.0453 e. The van der Waals surface area contributed by atoms with E-state index in [0.717, 1.165) is 23.7 Å². The minimum Gasteiger partial charge on any atom is -0.309 e. The molecule has 0 aliphatic heterocycles. The molecular weight excluding hydrogens is 266 g/mol. The first-order valence-corrected chi connectivity index (χ1v) is 7.48. The average molecular weight is 288 g/mol. The maximum Gasteiger partial charge on any atom is 0.0453 e. The van der Waals surface area contributed by atoms with Gasteiger partial charge >= 0.3 is 0 Å². The molecule has 0 unspecified atom stereocenters. The molecule has 1 nitrogen and oxygen atoms in total. The van der Waals surface area contributed by atoms with Crippen LogP contribution in [0.3, 0.4) is 0 Å². The van der Waals surface area contributed by atoms with E-state index in [4.69, 9.17) is 11.6 Å². The van der Waals surface area contributed by atoms with Crippen molar-refractivity contribution < 1.29 is 0 Å². The maximum absolute atomic E-state index is 6.23. The van der Waals surface area contributed by atoms with Gasteiger partial charge in [0.1, 0.15) is 0 Å². The Morgan fingerprint density at radius 3 is 2.30 bits per heavy atom. The van der Waals surface area contributed by atoms with Crippen LogP contribution in [-0.2, 0) is 13.1 Å². The van der Waals surface area contributed by atoms with E-state index in [1.54, 1.807) is 0 Å². The van der Waals surface area contributed by atoms with Gasteiger partial charge in [0.25, 0.3) is 0 Å². The molecule has 0 aromatic heterocycles. The van der Waals surface area contributed by atoms with Crippen molar-refractivity contribution in [3.63, 3.8) is 0 Å². The Morgan fingerprint density at radius 1 is 1.00 bits per heavy atom. The highest BCUT2D eigenvalue weighted by Crippen LogP contribution is 2.18. The molecule has 2 rings (SSSR count). The zero-order valence-electron chi connectivity index (χ0n) is 12.4. The lowest BCUT2D eigenvalue weighted by Crippen LogP contribution is -2.13. The zero-order valence-corrected chi connectivity index (χ0v) is 13.2. The Hall–Kier alpha value is -1.31. The van der Waals surface area contributed by atoms with Crippen molar-refractivity contribution in [1.29, 1.82) is 0 Å². The fourth-order valence-electron chi connectivity index (χ4n) is 2.16. The minimum atomic E-state index is 0.586. The normalized spacial score (nSPS) is 11.1. The summed E-state index contributed by atoms with van der Waals surface area (Å²) in [6, 6.07) is 15.0. The monoisotopic (exact) mass is 287 g/mol. The van der Waals surface area contributed by atoms with Gasteiger partial charge in [-0.2, -0.15) is 0 Å². The van der Waals surface area contributed by atoms with E-state index in [2.05, 4.69) is 62.5 Å². The third kappa shape index (κ3) is 4.09. The summed E-state index contributed by atoms with van der Waals surface area (Å²) in [4.78, 5) is 0. The van der Waals surface area contributed by atoms with Crippen LogP contribution in [0.2, 0.25) is 5.02 Å². The lowest BCUT2D eigenvalue weighted by molar-refractivity contribution is 0.693. The molecule has 0 bridgehead atoms. The predicted molar refractivity (Wildman–Crippen MR) is 87.3 cm³/mol. The molecule has 0 fully saturated rings. The number of halogens is 1. The molecule has 1 N–H and O–H groups in total. The molecule has 0 aliphatic carbocycles. The number of aryl methyl sites for hydroxylation is 1. The molecule has 0 atom stereocenters. The Kier molecular flexibility index (Phi) is 5.22. The van der Waals surface area contributed by atoms with Crippen molar-refractivity contribution in [3.8, 4) is 0 Å². The highest BCUT2D eigenvalue weighted by Gasteiger charge is 2.01. The Balaban J connectivity index is 1.89. The van der Waals surface area contributed by atoms with Crippen molar-refractivity contribution in [2.75, 3.05) is 0 Å². The molecule has 0 amide bonds. The van der Waals surface area contributed by atoms with Crippen molar-refractivity contribution in [3.05, 3.63) is 69.7 Å². The zero-order chi connectivity index (χ0) is 14.5. The van der Waals surface area contributed by atoms with Gasteiger partial charge in [0, 0.05) is 18.1 Å². The second-order valence-corrected chi connectivity index (χ2v) is 6.00. The summed E-state index contributed by atoms with van der Waals surface area (Å²) in [5.41, 5.74) is 5.03. The molecule has 2 aromatic rings. The summed E-state index contributed by atoms with van der Waals surface area (Å²) in [6.07, 6.45) is 0. The summed E-state index contributed by atoms with van der Waals surface area (Å²) >= 11 is 6.23.